The minimum atomic E-state index is -0.426. The molecule has 2 aromatic carbocycles. The van der Waals surface area contributed by atoms with Gasteiger partial charge in [-0.2, -0.15) is 0 Å². The molecule has 0 saturated carbocycles. The van der Waals surface area contributed by atoms with Crippen molar-refractivity contribution >= 4 is 29.3 Å². The van der Waals surface area contributed by atoms with Crippen LogP contribution in [0.15, 0.2) is 48.5 Å². The number of carbonyl (C=O) groups excluding carboxylic acids is 3. The predicted octanol–water partition coefficient (Wildman–Crippen LogP) is 2.44. The summed E-state index contributed by atoms with van der Waals surface area (Å²) in [6, 6.07) is 13.5. The van der Waals surface area contributed by atoms with E-state index >= 15 is 0 Å². The van der Waals surface area contributed by atoms with Gasteiger partial charge in [-0.3, -0.25) is 14.5 Å². The van der Waals surface area contributed by atoms with Gasteiger partial charge in [0.05, 0.1) is 23.4 Å². The second kappa shape index (κ2) is 4.95. The van der Waals surface area contributed by atoms with E-state index in [1.165, 1.54) is 4.90 Å². The standard InChI is InChI=1S/C17H12N2O4/c20-15-13-6-1-2-7-14(13)16(21)19(15)12-5-3-4-11(10-12)18-8-9-23-17(18)22/h1-7,10H,8-9H2. The molecule has 114 valence electrons. The lowest BCUT2D eigenvalue weighted by Crippen LogP contribution is -2.30. The van der Waals surface area contributed by atoms with Gasteiger partial charge < -0.3 is 4.74 Å². The third-order valence-electron chi connectivity index (χ3n) is 3.95. The van der Waals surface area contributed by atoms with Gasteiger partial charge in [0.15, 0.2) is 0 Å². The molecule has 0 unspecified atom stereocenters. The first-order chi connectivity index (χ1) is 11.2. The average Bonchev–Trinajstić information content (AvgIpc) is 3.11. The summed E-state index contributed by atoms with van der Waals surface area (Å²) in [6.07, 6.45) is -0.426. The van der Waals surface area contributed by atoms with Crippen molar-refractivity contribution in [3.05, 3.63) is 59.7 Å². The molecule has 4 rings (SSSR count). The molecule has 1 fully saturated rings. The first-order valence-electron chi connectivity index (χ1n) is 7.19. The number of imide groups is 1. The van der Waals surface area contributed by atoms with Crippen LogP contribution in [0.1, 0.15) is 20.7 Å². The number of ether oxygens (including phenoxy) is 1. The molecular weight excluding hydrogens is 296 g/mol. The van der Waals surface area contributed by atoms with Gasteiger partial charge in [0.25, 0.3) is 11.8 Å². The summed E-state index contributed by atoms with van der Waals surface area (Å²) in [5, 5.41) is 0. The van der Waals surface area contributed by atoms with E-state index in [-0.39, 0.29) is 11.8 Å². The fourth-order valence-corrected chi connectivity index (χ4v) is 2.85. The van der Waals surface area contributed by atoms with E-state index < -0.39 is 6.09 Å². The number of cyclic esters (lactones) is 1. The average molecular weight is 308 g/mol. The Balaban J connectivity index is 1.74. The number of hydrogen-bond acceptors (Lipinski definition) is 4. The molecule has 0 radical (unpaired) electrons. The molecule has 0 spiro atoms. The second-order valence-corrected chi connectivity index (χ2v) is 5.28. The summed E-state index contributed by atoms with van der Waals surface area (Å²) in [7, 11) is 0. The molecule has 3 amide bonds. The van der Waals surface area contributed by atoms with Crippen LogP contribution in [0, 0.1) is 0 Å². The third kappa shape index (κ3) is 1.99. The zero-order valence-electron chi connectivity index (χ0n) is 12.1. The lowest BCUT2D eigenvalue weighted by molar-refractivity contribution is 0.0926. The zero-order chi connectivity index (χ0) is 16.0. The molecule has 0 bridgehead atoms. The largest absolute Gasteiger partial charge is 0.447 e. The van der Waals surface area contributed by atoms with Crippen LogP contribution in [-0.4, -0.2) is 31.1 Å². The van der Waals surface area contributed by atoms with Crippen LogP contribution in [0.4, 0.5) is 16.2 Å². The zero-order valence-corrected chi connectivity index (χ0v) is 12.1. The lowest BCUT2D eigenvalue weighted by Gasteiger charge is -2.18. The molecule has 0 N–H and O–H groups in total. The topological polar surface area (TPSA) is 66.9 Å². The van der Waals surface area contributed by atoms with Crippen LogP contribution in [0.25, 0.3) is 0 Å². The maximum atomic E-state index is 12.5. The first-order valence-corrected chi connectivity index (χ1v) is 7.19. The van der Waals surface area contributed by atoms with Crippen molar-refractivity contribution in [1.29, 1.82) is 0 Å². The molecule has 23 heavy (non-hydrogen) atoms. The Labute approximate surface area is 131 Å². The van der Waals surface area contributed by atoms with Crippen LogP contribution in [0.3, 0.4) is 0 Å². The first kappa shape index (κ1) is 13.5. The number of rotatable bonds is 2. The summed E-state index contributed by atoms with van der Waals surface area (Å²) < 4.78 is 4.92. The van der Waals surface area contributed by atoms with E-state index in [9.17, 15) is 14.4 Å². The Bertz CT molecular complexity index is 811. The molecule has 0 aromatic heterocycles. The Kier molecular flexibility index (Phi) is 2.90. The maximum absolute atomic E-state index is 12.5. The number of nitrogens with zero attached hydrogens (tertiary/aromatic N) is 2. The lowest BCUT2D eigenvalue weighted by atomic mass is 10.1. The van der Waals surface area contributed by atoms with Crippen LogP contribution in [-0.2, 0) is 4.74 Å². The molecule has 2 aliphatic heterocycles. The Morgan fingerprint density at radius 2 is 1.48 bits per heavy atom. The molecule has 6 nitrogen and oxygen atoms in total. The highest BCUT2D eigenvalue weighted by atomic mass is 16.6. The van der Waals surface area contributed by atoms with Crippen LogP contribution < -0.4 is 9.80 Å². The highest BCUT2D eigenvalue weighted by Gasteiger charge is 2.36. The van der Waals surface area contributed by atoms with Crippen molar-refractivity contribution in [2.75, 3.05) is 23.0 Å². The van der Waals surface area contributed by atoms with Crippen molar-refractivity contribution < 1.29 is 19.1 Å². The van der Waals surface area contributed by atoms with E-state index in [1.54, 1.807) is 48.5 Å². The van der Waals surface area contributed by atoms with E-state index in [0.717, 1.165) is 4.90 Å². The molecular formula is C17H12N2O4. The van der Waals surface area contributed by atoms with Gasteiger partial charge in [-0.15, -0.1) is 0 Å². The number of benzene rings is 2. The minimum Gasteiger partial charge on any atom is -0.447 e. The number of fused-ring (bicyclic) bond motifs is 1. The monoisotopic (exact) mass is 308 g/mol. The van der Waals surface area contributed by atoms with Crippen molar-refractivity contribution in [2.45, 2.75) is 0 Å². The van der Waals surface area contributed by atoms with Crippen molar-refractivity contribution in [2.24, 2.45) is 0 Å². The summed E-state index contributed by atoms with van der Waals surface area (Å²) in [6.45, 7) is 0.778. The highest BCUT2D eigenvalue weighted by Crippen LogP contribution is 2.31. The van der Waals surface area contributed by atoms with Gasteiger partial charge in [0.1, 0.15) is 6.61 Å². The second-order valence-electron chi connectivity index (χ2n) is 5.28. The smallest absolute Gasteiger partial charge is 0.414 e. The SMILES string of the molecule is O=C1OCCN1c1cccc(N2C(=O)c3ccccc3C2=O)c1. The summed E-state index contributed by atoms with van der Waals surface area (Å²) >= 11 is 0. The van der Waals surface area contributed by atoms with Gasteiger partial charge in [-0.25, -0.2) is 9.69 Å². The molecule has 1 saturated heterocycles. The fourth-order valence-electron chi connectivity index (χ4n) is 2.85. The maximum Gasteiger partial charge on any atom is 0.414 e. The summed E-state index contributed by atoms with van der Waals surface area (Å²) in [5.41, 5.74) is 1.82. The third-order valence-corrected chi connectivity index (χ3v) is 3.95. The highest BCUT2D eigenvalue weighted by molar-refractivity contribution is 6.34. The van der Waals surface area contributed by atoms with Gasteiger partial charge in [-0.05, 0) is 30.3 Å². The fraction of sp³-hybridized carbons (Fsp3) is 0.118. The van der Waals surface area contributed by atoms with Gasteiger partial charge in [0, 0.05) is 5.69 Å². The minimum absolute atomic E-state index is 0.329. The number of carbonyl (C=O) groups is 3. The number of amides is 3. The molecule has 0 aliphatic carbocycles. The van der Waals surface area contributed by atoms with E-state index in [4.69, 9.17) is 4.74 Å². The van der Waals surface area contributed by atoms with Crippen LogP contribution in [0.2, 0.25) is 0 Å². The Morgan fingerprint density at radius 3 is 2.09 bits per heavy atom. The van der Waals surface area contributed by atoms with E-state index in [0.29, 0.717) is 35.7 Å². The molecule has 0 atom stereocenters. The molecule has 2 aromatic rings. The molecule has 2 heterocycles. The Morgan fingerprint density at radius 1 is 0.826 bits per heavy atom. The van der Waals surface area contributed by atoms with Gasteiger partial charge >= 0.3 is 6.09 Å². The number of anilines is 2. The van der Waals surface area contributed by atoms with Crippen molar-refractivity contribution in [1.82, 2.24) is 0 Å². The van der Waals surface area contributed by atoms with Crippen LogP contribution in [0.5, 0.6) is 0 Å². The molecule has 2 aliphatic rings. The quantitative estimate of drug-likeness (QED) is 0.799. The van der Waals surface area contributed by atoms with Crippen LogP contribution >= 0.6 is 0 Å². The van der Waals surface area contributed by atoms with Crippen molar-refractivity contribution in [3.63, 3.8) is 0 Å². The summed E-state index contributed by atoms with van der Waals surface area (Å²) in [4.78, 5) is 39.3. The van der Waals surface area contributed by atoms with Gasteiger partial charge in [0.2, 0.25) is 0 Å². The van der Waals surface area contributed by atoms with E-state index in [2.05, 4.69) is 0 Å². The number of hydrogen-bond donors (Lipinski definition) is 0. The predicted molar refractivity (Wildman–Crippen MR) is 82.7 cm³/mol. The Hall–Kier alpha value is -3.15. The molecule has 6 heteroatoms. The summed E-state index contributed by atoms with van der Waals surface area (Å²) in [5.74, 6) is -0.710. The van der Waals surface area contributed by atoms with Gasteiger partial charge in [-0.1, -0.05) is 18.2 Å². The van der Waals surface area contributed by atoms with E-state index in [1.807, 2.05) is 0 Å². The van der Waals surface area contributed by atoms with Crippen molar-refractivity contribution in [3.8, 4) is 0 Å². The normalized spacial score (nSPS) is 16.8.